The number of ether oxygens (including phenoxy) is 1. The summed E-state index contributed by atoms with van der Waals surface area (Å²) in [6.45, 7) is 6.59. The van der Waals surface area contributed by atoms with Gasteiger partial charge < -0.3 is 10.1 Å². The van der Waals surface area contributed by atoms with Gasteiger partial charge in [-0.1, -0.05) is 11.6 Å². The molecule has 3 heteroatoms. The molecule has 1 aliphatic heterocycles. The van der Waals surface area contributed by atoms with E-state index in [0.29, 0.717) is 6.61 Å². The van der Waals surface area contributed by atoms with Crippen molar-refractivity contribution in [2.24, 2.45) is 4.99 Å². The van der Waals surface area contributed by atoms with Gasteiger partial charge in [-0.15, -0.1) is 0 Å². The molecule has 0 saturated carbocycles. The third-order valence-corrected chi connectivity index (χ3v) is 2.27. The first-order chi connectivity index (χ1) is 6.77. The Morgan fingerprint density at radius 1 is 1.57 bits per heavy atom. The Kier molecular flexibility index (Phi) is 4.56. The van der Waals surface area contributed by atoms with E-state index in [4.69, 9.17) is 4.74 Å². The molecule has 0 radical (unpaired) electrons. The average molecular weight is 194 g/mol. The van der Waals surface area contributed by atoms with E-state index in [1.54, 1.807) is 7.11 Å². The minimum absolute atomic E-state index is 0.576. The summed E-state index contributed by atoms with van der Waals surface area (Å²) in [7, 11) is 1.68. The van der Waals surface area contributed by atoms with Crippen molar-refractivity contribution >= 4 is 6.21 Å². The Balaban J connectivity index is 2.58. The lowest BCUT2D eigenvalue weighted by molar-refractivity contribution is 0.225. The summed E-state index contributed by atoms with van der Waals surface area (Å²) in [6, 6.07) is 0. The quantitative estimate of drug-likeness (QED) is 0.688. The van der Waals surface area contributed by atoms with Crippen LogP contribution >= 0.6 is 0 Å². The fourth-order valence-electron chi connectivity index (χ4n) is 1.31. The summed E-state index contributed by atoms with van der Waals surface area (Å²) in [6.07, 6.45) is 3.90. The fourth-order valence-corrected chi connectivity index (χ4v) is 1.31. The molecule has 3 nitrogen and oxygen atoms in total. The molecule has 1 N–H and O–H groups in total. The summed E-state index contributed by atoms with van der Waals surface area (Å²) in [4.78, 5) is 4.38. The highest BCUT2D eigenvalue weighted by Crippen LogP contribution is 2.07. The van der Waals surface area contributed by atoms with Gasteiger partial charge in [-0.25, -0.2) is 0 Å². The van der Waals surface area contributed by atoms with E-state index in [1.807, 2.05) is 19.2 Å². The average Bonchev–Trinajstić information content (AvgIpc) is 2.59. The van der Waals surface area contributed by atoms with Gasteiger partial charge in [-0.3, -0.25) is 4.99 Å². The van der Waals surface area contributed by atoms with Crippen molar-refractivity contribution in [3.05, 3.63) is 22.9 Å². The molecule has 0 amide bonds. The normalized spacial score (nSPS) is 18.6. The van der Waals surface area contributed by atoms with Gasteiger partial charge in [0, 0.05) is 26.4 Å². The molecule has 0 atom stereocenters. The van der Waals surface area contributed by atoms with Gasteiger partial charge in [-0.05, 0) is 19.4 Å². The van der Waals surface area contributed by atoms with Crippen LogP contribution in [0.1, 0.15) is 13.8 Å². The molecule has 0 bridgehead atoms. The maximum absolute atomic E-state index is 5.02. The standard InChI is InChI=1S/C11H18N2O/c1-4-11(8-14-3)13-7-10-6-12-5-9(10)2/h4,7,12H,5-6,8H2,1-3H3/b11-4?,13-7-. The fraction of sp³-hybridized carbons (Fsp3) is 0.545. The molecule has 0 fully saturated rings. The second-order valence-electron chi connectivity index (χ2n) is 3.38. The third-order valence-electron chi connectivity index (χ3n) is 2.27. The minimum Gasteiger partial charge on any atom is -0.378 e. The van der Waals surface area contributed by atoms with Crippen molar-refractivity contribution in [3.8, 4) is 0 Å². The summed E-state index contributed by atoms with van der Waals surface area (Å²) in [5.74, 6) is 0. The van der Waals surface area contributed by atoms with E-state index in [1.165, 1.54) is 11.1 Å². The van der Waals surface area contributed by atoms with Crippen molar-refractivity contribution in [2.75, 3.05) is 26.8 Å². The molecule has 0 unspecified atom stereocenters. The molecular weight excluding hydrogens is 176 g/mol. The predicted molar refractivity (Wildman–Crippen MR) is 59.7 cm³/mol. The molecule has 0 spiro atoms. The maximum atomic E-state index is 5.02. The molecule has 0 aromatic heterocycles. The monoisotopic (exact) mass is 194 g/mol. The Morgan fingerprint density at radius 3 is 2.86 bits per heavy atom. The van der Waals surface area contributed by atoms with Crippen LogP contribution in [-0.2, 0) is 4.74 Å². The van der Waals surface area contributed by atoms with Gasteiger partial charge in [0.05, 0.1) is 12.3 Å². The van der Waals surface area contributed by atoms with Crippen molar-refractivity contribution in [2.45, 2.75) is 13.8 Å². The SMILES string of the molecule is CC=C(COC)/N=C\C1=C(C)CNC1. The largest absolute Gasteiger partial charge is 0.378 e. The molecule has 1 rings (SSSR count). The van der Waals surface area contributed by atoms with E-state index in [9.17, 15) is 0 Å². The van der Waals surface area contributed by atoms with Crippen LogP contribution in [-0.4, -0.2) is 33.0 Å². The highest BCUT2D eigenvalue weighted by Gasteiger charge is 2.06. The van der Waals surface area contributed by atoms with Crippen LogP contribution in [0, 0.1) is 0 Å². The van der Waals surface area contributed by atoms with Gasteiger partial charge in [-0.2, -0.15) is 0 Å². The van der Waals surface area contributed by atoms with Gasteiger partial charge >= 0.3 is 0 Å². The topological polar surface area (TPSA) is 33.6 Å². The first kappa shape index (κ1) is 11.1. The number of methoxy groups -OCH3 is 1. The summed E-state index contributed by atoms with van der Waals surface area (Å²) in [5, 5.41) is 3.28. The first-order valence-corrected chi connectivity index (χ1v) is 4.85. The molecule has 78 valence electrons. The zero-order chi connectivity index (χ0) is 10.4. The molecule has 1 aliphatic rings. The Bertz CT molecular complexity index is 277. The van der Waals surface area contributed by atoms with E-state index in [2.05, 4.69) is 17.2 Å². The molecule has 0 aliphatic carbocycles. The van der Waals surface area contributed by atoms with Crippen molar-refractivity contribution < 1.29 is 4.74 Å². The zero-order valence-corrected chi connectivity index (χ0v) is 9.13. The van der Waals surface area contributed by atoms with E-state index < -0.39 is 0 Å². The third kappa shape index (κ3) is 3.09. The Hall–Kier alpha value is -0.930. The highest BCUT2D eigenvalue weighted by molar-refractivity contribution is 5.81. The van der Waals surface area contributed by atoms with Gasteiger partial charge in [0.25, 0.3) is 0 Å². The smallest absolute Gasteiger partial charge is 0.0880 e. The van der Waals surface area contributed by atoms with Crippen molar-refractivity contribution in [1.82, 2.24) is 5.32 Å². The van der Waals surface area contributed by atoms with Crippen LogP contribution in [0.5, 0.6) is 0 Å². The van der Waals surface area contributed by atoms with Gasteiger partial charge in [0.15, 0.2) is 0 Å². The lowest BCUT2D eigenvalue weighted by atomic mass is 10.2. The van der Waals surface area contributed by atoms with Crippen LogP contribution in [0.2, 0.25) is 0 Å². The Morgan fingerprint density at radius 2 is 2.36 bits per heavy atom. The van der Waals surface area contributed by atoms with E-state index in [0.717, 1.165) is 18.8 Å². The first-order valence-electron chi connectivity index (χ1n) is 4.85. The van der Waals surface area contributed by atoms with Gasteiger partial charge in [0.1, 0.15) is 0 Å². The summed E-state index contributed by atoms with van der Waals surface area (Å²) < 4.78 is 5.02. The number of nitrogens with one attached hydrogen (secondary N) is 1. The number of rotatable bonds is 4. The number of allylic oxidation sites excluding steroid dienone is 1. The van der Waals surface area contributed by atoms with Crippen molar-refractivity contribution in [3.63, 3.8) is 0 Å². The van der Waals surface area contributed by atoms with Crippen LogP contribution in [0.25, 0.3) is 0 Å². The molecule has 0 aromatic carbocycles. The number of aliphatic imine (C=N–C) groups is 1. The molecule has 14 heavy (non-hydrogen) atoms. The van der Waals surface area contributed by atoms with Crippen LogP contribution in [0.3, 0.4) is 0 Å². The lowest BCUT2D eigenvalue weighted by Crippen LogP contribution is -2.08. The Labute approximate surface area is 85.6 Å². The molecular formula is C11H18N2O. The van der Waals surface area contributed by atoms with Crippen LogP contribution in [0.15, 0.2) is 27.9 Å². The molecule has 0 saturated heterocycles. The second kappa shape index (κ2) is 5.73. The highest BCUT2D eigenvalue weighted by atomic mass is 16.5. The number of hydrogen-bond donors (Lipinski definition) is 1. The van der Waals surface area contributed by atoms with Gasteiger partial charge in [0.2, 0.25) is 0 Å². The zero-order valence-electron chi connectivity index (χ0n) is 9.13. The number of nitrogens with zero attached hydrogens (tertiary/aromatic N) is 1. The van der Waals surface area contributed by atoms with Crippen LogP contribution < -0.4 is 5.32 Å². The molecule has 0 aromatic rings. The van der Waals surface area contributed by atoms with E-state index in [-0.39, 0.29) is 0 Å². The van der Waals surface area contributed by atoms with Crippen molar-refractivity contribution in [1.29, 1.82) is 0 Å². The number of hydrogen-bond acceptors (Lipinski definition) is 3. The molecule has 1 heterocycles. The predicted octanol–water partition coefficient (Wildman–Crippen LogP) is 1.53. The summed E-state index contributed by atoms with van der Waals surface area (Å²) in [5.41, 5.74) is 3.64. The minimum atomic E-state index is 0.576. The second-order valence-corrected chi connectivity index (χ2v) is 3.38. The summed E-state index contributed by atoms with van der Waals surface area (Å²) >= 11 is 0. The van der Waals surface area contributed by atoms with Crippen LogP contribution in [0.4, 0.5) is 0 Å². The maximum Gasteiger partial charge on any atom is 0.0880 e. The lowest BCUT2D eigenvalue weighted by Gasteiger charge is -1.99. The van der Waals surface area contributed by atoms with E-state index >= 15 is 0 Å².